The smallest absolute Gasteiger partial charge is 0.242 e. The van der Waals surface area contributed by atoms with Gasteiger partial charge in [-0.25, -0.2) is 0 Å². The number of carbonyl (C=O) groups excluding carboxylic acids is 2. The summed E-state index contributed by atoms with van der Waals surface area (Å²) in [6.45, 7) is 4.36. The molecule has 0 aromatic heterocycles. The molecular weight excluding hydrogens is 360 g/mol. The van der Waals surface area contributed by atoms with Crippen LogP contribution in [0.1, 0.15) is 36.5 Å². The summed E-state index contributed by atoms with van der Waals surface area (Å²) >= 11 is 6.21. The molecule has 2 amide bonds. The zero-order chi connectivity index (χ0) is 19.8. The van der Waals surface area contributed by atoms with E-state index in [0.717, 1.165) is 16.7 Å². The summed E-state index contributed by atoms with van der Waals surface area (Å²) in [6, 6.07) is 15.0. The molecule has 0 spiro atoms. The quantitative estimate of drug-likeness (QED) is 0.741. The second-order valence-electron chi connectivity index (χ2n) is 6.58. The number of amides is 2. The van der Waals surface area contributed by atoms with E-state index in [9.17, 15) is 9.59 Å². The highest BCUT2D eigenvalue weighted by molar-refractivity contribution is 6.31. The number of hydrogen-bond donors (Lipinski definition) is 1. The van der Waals surface area contributed by atoms with Gasteiger partial charge in [-0.15, -0.1) is 0 Å². The first-order chi connectivity index (χ1) is 13.0. The second-order valence-corrected chi connectivity index (χ2v) is 6.99. The van der Waals surface area contributed by atoms with Crippen LogP contribution < -0.4 is 5.32 Å². The van der Waals surface area contributed by atoms with E-state index in [-0.39, 0.29) is 11.8 Å². The molecule has 27 heavy (non-hydrogen) atoms. The van der Waals surface area contributed by atoms with Crippen LogP contribution in [0.3, 0.4) is 0 Å². The molecule has 0 unspecified atom stereocenters. The lowest BCUT2D eigenvalue weighted by Gasteiger charge is -2.31. The summed E-state index contributed by atoms with van der Waals surface area (Å²) in [5, 5.41) is 3.34. The second kappa shape index (κ2) is 10.1. The van der Waals surface area contributed by atoms with Gasteiger partial charge in [-0.2, -0.15) is 0 Å². The highest BCUT2D eigenvalue weighted by Gasteiger charge is 2.28. The molecule has 0 bridgehead atoms. The Kier molecular flexibility index (Phi) is 7.86. The van der Waals surface area contributed by atoms with E-state index in [0.29, 0.717) is 30.8 Å². The normalized spacial score (nSPS) is 11.7. The maximum absolute atomic E-state index is 13.1. The van der Waals surface area contributed by atoms with Crippen molar-refractivity contribution < 1.29 is 9.59 Å². The van der Waals surface area contributed by atoms with E-state index in [2.05, 4.69) is 5.32 Å². The molecule has 2 aromatic carbocycles. The minimum atomic E-state index is -0.492. The molecule has 0 saturated carbocycles. The van der Waals surface area contributed by atoms with Crippen molar-refractivity contribution in [1.82, 2.24) is 10.2 Å². The number of halogens is 1. The molecule has 0 saturated heterocycles. The van der Waals surface area contributed by atoms with E-state index < -0.39 is 6.04 Å². The Morgan fingerprint density at radius 2 is 1.70 bits per heavy atom. The molecule has 0 aliphatic rings. The van der Waals surface area contributed by atoms with Crippen LogP contribution in [0.4, 0.5) is 0 Å². The minimum absolute atomic E-state index is 0.0476. The number of nitrogens with one attached hydrogen (secondary N) is 1. The molecule has 1 atom stereocenters. The van der Waals surface area contributed by atoms with Gasteiger partial charge in [0, 0.05) is 25.0 Å². The molecule has 0 fully saturated rings. The number of aryl methyl sites for hydroxylation is 2. The fourth-order valence-electron chi connectivity index (χ4n) is 3.14. The molecule has 4 nitrogen and oxygen atoms in total. The molecule has 0 aliphatic carbocycles. The van der Waals surface area contributed by atoms with Crippen LogP contribution in [0.15, 0.2) is 48.5 Å². The maximum Gasteiger partial charge on any atom is 0.242 e. The molecule has 2 rings (SSSR count). The van der Waals surface area contributed by atoms with Gasteiger partial charge in [-0.3, -0.25) is 9.59 Å². The van der Waals surface area contributed by atoms with Crippen molar-refractivity contribution in [2.45, 2.75) is 45.7 Å². The molecule has 5 heteroatoms. The standard InChI is InChI=1S/C22H27ClN2O2/c1-4-20(22(27)24-3)25(15-18-11-6-5-9-16(18)2)21(26)14-13-17-10-7-8-12-19(17)23/h5-12,20H,4,13-15H2,1-3H3,(H,24,27)/t20-/m0/s1. The van der Waals surface area contributed by atoms with Crippen molar-refractivity contribution in [2.75, 3.05) is 7.05 Å². The van der Waals surface area contributed by atoms with Crippen LogP contribution in [0.25, 0.3) is 0 Å². The van der Waals surface area contributed by atoms with Gasteiger partial charge in [0.15, 0.2) is 0 Å². The summed E-state index contributed by atoms with van der Waals surface area (Å²) in [5.41, 5.74) is 3.09. The molecule has 1 N–H and O–H groups in total. The molecule has 0 radical (unpaired) electrons. The number of rotatable bonds is 8. The van der Waals surface area contributed by atoms with Crippen LogP contribution in [-0.4, -0.2) is 29.8 Å². The third-order valence-electron chi connectivity index (χ3n) is 4.80. The fraction of sp³-hybridized carbons (Fsp3) is 0.364. The highest BCUT2D eigenvalue weighted by Crippen LogP contribution is 2.20. The molecular formula is C22H27ClN2O2. The van der Waals surface area contributed by atoms with E-state index in [4.69, 9.17) is 11.6 Å². The van der Waals surface area contributed by atoms with Gasteiger partial charge in [-0.1, -0.05) is 61.0 Å². The Balaban J connectivity index is 2.22. The lowest BCUT2D eigenvalue weighted by Crippen LogP contribution is -2.48. The topological polar surface area (TPSA) is 49.4 Å². The minimum Gasteiger partial charge on any atom is -0.357 e. The van der Waals surface area contributed by atoms with Gasteiger partial charge in [0.2, 0.25) is 11.8 Å². The average Bonchev–Trinajstić information content (AvgIpc) is 2.68. The Morgan fingerprint density at radius 1 is 1.07 bits per heavy atom. The Bertz CT molecular complexity index is 791. The monoisotopic (exact) mass is 386 g/mol. The first-order valence-electron chi connectivity index (χ1n) is 9.26. The molecule has 144 valence electrons. The van der Waals surface area contributed by atoms with E-state index in [1.165, 1.54) is 0 Å². The van der Waals surface area contributed by atoms with Gasteiger partial charge >= 0.3 is 0 Å². The lowest BCUT2D eigenvalue weighted by molar-refractivity contribution is -0.141. The van der Waals surface area contributed by atoms with Crippen molar-refractivity contribution in [3.05, 3.63) is 70.2 Å². The molecule has 0 aliphatic heterocycles. The number of likely N-dealkylation sites (N-methyl/N-ethyl adjacent to an activating group) is 1. The van der Waals surface area contributed by atoms with Crippen molar-refractivity contribution >= 4 is 23.4 Å². The predicted molar refractivity (Wildman–Crippen MR) is 110 cm³/mol. The summed E-state index contributed by atoms with van der Waals surface area (Å²) < 4.78 is 0. The van der Waals surface area contributed by atoms with Crippen molar-refractivity contribution in [1.29, 1.82) is 0 Å². The molecule has 0 heterocycles. The predicted octanol–water partition coefficient (Wildman–Crippen LogP) is 4.13. The van der Waals surface area contributed by atoms with Gasteiger partial charge in [0.05, 0.1) is 0 Å². The summed E-state index contributed by atoms with van der Waals surface area (Å²) in [7, 11) is 1.60. The summed E-state index contributed by atoms with van der Waals surface area (Å²) in [5.74, 6) is -0.189. The summed E-state index contributed by atoms with van der Waals surface area (Å²) in [6.07, 6.45) is 1.42. The first-order valence-corrected chi connectivity index (χ1v) is 9.64. The largest absolute Gasteiger partial charge is 0.357 e. The van der Waals surface area contributed by atoms with Crippen LogP contribution in [0, 0.1) is 6.92 Å². The number of benzene rings is 2. The Labute approximate surface area is 166 Å². The van der Waals surface area contributed by atoms with E-state index >= 15 is 0 Å². The van der Waals surface area contributed by atoms with Crippen molar-refractivity contribution in [3.63, 3.8) is 0 Å². The first kappa shape index (κ1) is 21.0. The van der Waals surface area contributed by atoms with Gasteiger partial charge in [-0.05, 0) is 42.5 Å². The third kappa shape index (κ3) is 5.57. The van der Waals surface area contributed by atoms with Crippen LogP contribution in [0.2, 0.25) is 5.02 Å². The zero-order valence-electron chi connectivity index (χ0n) is 16.2. The highest BCUT2D eigenvalue weighted by atomic mass is 35.5. The Morgan fingerprint density at radius 3 is 2.30 bits per heavy atom. The van der Waals surface area contributed by atoms with E-state index in [1.807, 2.05) is 62.4 Å². The SMILES string of the molecule is CC[C@@H](C(=O)NC)N(Cc1ccccc1C)C(=O)CCc1ccccc1Cl. The van der Waals surface area contributed by atoms with Gasteiger partial charge < -0.3 is 10.2 Å². The lowest BCUT2D eigenvalue weighted by atomic mass is 10.0. The van der Waals surface area contributed by atoms with E-state index in [1.54, 1.807) is 11.9 Å². The van der Waals surface area contributed by atoms with Crippen LogP contribution in [-0.2, 0) is 22.6 Å². The van der Waals surface area contributed by atoms with Gasteiger partial charge in [0.25, 0.3) is 0 Å². The van der Waals surface area contributed by atoms with Crippen LogP contribution >= 0.6 is 11.6 Å². The number of carbonyl (C=O) groups is 2. The van der Waals surface area contributed by atoms with Crippen LogP contribution in [0.5, 0.6) is 0 Å². The summed E-state index contributed by atoms with van der Waals surface area (Å²) in [4.78, 5) is 27.1. The van der Waals surface area contributed by atoms with Gasteiger partial charge in [0.1, 0.15) is 6.04 Å². The number of nitrogens with zero attached hydrogens (tertiary/aromatic N) is 1. The number of hydrogen-bond acceptors (Lipinski definition) is 2. The zero-order valence-corrected chi connectivity index (χ0v) is 16.9. The maximum atomic E-state index is 13.1. The average molecular weight is 387 g/mol. The third-order valence-corrected chi connectivity index (χ3v) is 5.17. The van der Waals surface area contributed by atoms with Crippen molar-refractivity contribution in [3.8, 4) is 0 Å². The van der Waals surface area contributed by atoms with Crippen molar-refractivity contribution in [2.24, 2.45) is 0 Å². The Hall–Kier alpha value is -2.33. The fourth-order valence-corrected chi connectivity index (χ4v) is 3.37. The molecule has 2 aromatic rings.